The molecule has 1 aromatic carbocycles. The Balaban J connectivity index is 1.36. The van der Waals surface area contributed by atoms with E-state index >= 15 is 0 Å². The van der Waals surface area contributed by atoms with Crippen molar-refractivity contribution in [1.82, 2.24) is 20.3 Å². The highest BCUT2D eigenvalue weighted by molar-refractivity contribution is 7.89. The fraction of sp³-hybridized carbons (Fsp3) is 0.750. The highest BCUT2D eigenvalue weighted by Crippen LogP contribution is 2.43. The number of carbonyl (C=O) groups excluding carboxylic acids is 2. The molecule has 246 valence electrons. The molecule has 12 heteroatoms. The van der Waals surface area contributed by atoms with Gasteiger partial charge < -0.3 is 25.4 Å². The summed E-state index contributed by atoms with van der Waals surface area (Å²) >= 11 is 6.25. The maximum atomic E-state index is 14.4. The number of methoxy groups -OCH3 is 1. The summed E-state index contributed by atoms with van der Waals surface area (Å²) in [5.74, 6) is 0.203. The summed E-state index contributed by atoms with van der Waals surface area (Å²) in [4.78, 5) is 27.1. The van der Waals surface area contributed by atoms with E-state index in [0.29, 0.717) is 37.4 Å². The number of nitrogens with one attached hydrogen (secondary N) is 3. The Hall–Kier alpha value is -1.92. The maximum absolute atomic E-state index is 14.4. The number of fused-ring (bicyclic) bond motifs is 2. The first-order valence-corrected chi connectivity index (χ1v) is 18.3. The summed E-state index contributed by atoms with van der Waals surface area (Å²) in [5, 5.41) is 10.4. The molecule has 4 fully saturated rings. The molecule has 0 radical (unpaired) electrons. The summed E-state index contributed by atoms with van der Waals surface area (Å²) in [6, 6.07) is 6.72. The molecule has 1 saturated carbocycles. The van der Waals surface area contributed by atoms with Crippen molar-refractivity contribution in [2.75, 3.05) is 26.0 Å². The highest BCUT2D eigenvalue weighted by Gasteiger charge is 2.50. The van der Waals surface area contributed by atoms with Crippen LogP contribution in [0, 0.1) is 5.92 Å². The molecule has 2 bridgehead atoms. The van der Waals surface area contributed by atoms with Crippen LogP contribution in [-0.2, 0) is 29.7 Å². The summed E-state index contributed by atoms with van der Waals surface area (Å²) in [7, 11) is -1.95. The minimum atomic E-state index is -3.26. The third-order valence-electron chi connectivity index (χ3n) is 10.3. The lowest BCUT2D eigenvalue weighted by Gasteiger charge is -2.48. The Labute approximate surface area is 267 Å². The topological polar surface area (TPSA) is 126 Å². The van der Waals surface area contributed by atoms with Gasteiger partial charge in [0.2, 0.25) is 15.9 Å². The van der Waals surface area contributed by atoms with Crippen molar-refractivity contribution in [2.24, 2.45) is 5.92 Å². The van der Waals surface area contributed by atoms with Gasteiger partial charge in [0.05, 0.1) is 25.1 Å². The number of carbonyl (C=O) groups is 2. The first-order chi connectivity index (χ1) is 21.0. The van der Waals surface area contributed by atoms with Gasteiger partial charge >= 0.3 is 6.09 Å². The van der Waals surface area contributed by atoms with Crippen molar-refractivity contribution in [2.45, 2.75) is 120 Å². The molecule has 8 unspecified atom stereocenters. The monoisotopic (exact) mass is 652 g/mol. The third-order valence-corrected chi connectivity index (χ3v) is 12.5. The molecule has 0 spiro atoms. The van der Waals surface area contributed by atoms with E-state index in [4.69, 9.17) is 21.1 Å². The maximum Gasteiger partial charge on any atom is 0.407 e. The summed E-state index contributed by atoms with van der Waals surface area (Å²) in [5.41, 5.74) is 0.178. The van der Waals surface area contributed by atoms with Crippen molar-refractivity contribution in [3.63, 3.8) is 0 Å². The quantitative estimate of drug-likeness (QED) is 0.386. The van der Waals surface area contributed by atoms with E-state index in [1.54, 1.807) is 4.31 Å². The standard InChI is InChI=1S/C32H49ClN4O6S/c1-21-17-32(18-22(2)43-21,24-11-13-25(33)14-12-24)29(36-31(39)42-3)30(38)35-28-9-5-4-7-23(28)10-15-27-19-34-26-8-6-16-44(40,41)37(27)20-26/h11-14,21-23,26-29,34H,4-10,15-20H2,1-3H3,(H,35,38)(H,36,39). The van der Waals surface area contributed by atoms with Crippen LogP contribution in [-0.4, -0.2) is 87.1 Å². The number of alkyl carbamates (subject to hydrolysis) is 1. The number of piperazine rings is 1. The number of amides is 2. The zero-order chi connectivity index (χ0) is 31.5. The van der Waals surface area contributed by atoms with Gasteiger partial charge in [-0.25, -0.2) is 13.2 Å². The number of nitrogens with zero attached hydrogens (tertiary/aromatic N) is 1. The number of ether oxygens (including phenoxy) is 2. The van der Waals surface area contributed by atoms with Gasteiger partial charge in [-0.15, -0.1) is 0 Å². The molecule has 5 rings (SSSR count). The predicted molar refractivity (Wildman–Crippen MR) is 170 cm³/mol. The highest BCUT2D eigenvalue weighted by atomic mass is 35.5. The minimum Gasteiger partial charge on any atom is -0.453 e. The van der Waals surface area contributed by atoms with Crippen LogP contribution < -0.4 is 16.0 Å². The molecule has 10 nitrogen and oxygen atoms in total. The average molecular weight is 653 g/mol. The number of rotatable bonds is 8. The van der Waals surface area contributed by atoms with Crippen LogP contribution in [0.25, 0.3) is 0 Å². The minimum absolute atomic E-state index is 0.0693. The number of sulfonamides is 1. The van der Waals surface area contributed by atoms with E-state index in [0.717, 1.165) is 50.5 Å². The Morgan fingerprint density at radius 1 is 1.09 bits per heavy atom. The second-order valence-corrected chi connectivity index (χ2v) is 15.9. The van der Waals surface area contributed by atoms with Gasteiger partial charge in [-0.1, -0.05) is 36.6 Å². The van der Waals surface area contributed by atoms with Gasteiger partial charge in [0.25, 0.3) is 0 Å². The fourth-order valence-corrected chi connectivity index (χ4v) is 10.2. The summed E-state index contributed by atoms with van der Waals surface area (Å²) in [6.07, 6.45) is 7.21. The molecular weight excluding hydrogens is 604 g/mol. The van der Waals surface area contributed by atoms with Crippen molar-refractivity contribution in [1.29, 1.82) is 0 Å². The van der Waals surface area contributed by atoms with E-state index in [1.807, 2.05) is 38.1 Å². The lowest BCUT2D eigenvalue weighted by molar-refractivity contribution is -0.130. The number of hydrogen-bond acceptors (Lipinski definition) is 7. The summed E-state index contributed by atoms with van der Waals surface area (Å²) in [6.45, 7) is 5.21. The van der Waals surface area contributed by atoms with Gasteiger partial charge in [0, 0.05) is 41.7 Å². The first-order valence-electron chi connectivity index (χ1n) is 16.3. The largest absolute Gasteiger partial charge is 0.453 e. The molecular formula is C32H49ClN4O6S. The lowest BCUT2D eigenvalue weighted by Crippen LogP contribution is -2.63. The van der Waals surface area contributed by atoms with Crippen molar-refractivity contribution in [3.8, 4) is 0 Å². The zero-order valence-electron chi connectivity index (χ0n) is 26.2. The Morgan fingerprint density at radius 3 is 2.50 bits per heavy atom. The molecule has 44 heavy (non-hydrogen) atoms. The fourth-order valence-electron chi connectivity index (χ4n) is 8.31. The van der Waals surface area contributed by atoms with Gasteiger partial charge in [-0.05, 0) is 88.8 Å². The van der Waals surface area contributed by atoms with E-state index in [9.17, 15) is 18.0 Å². The molecule has 1 aliphatic carbocycles. The van der Waals surface area contributed by atoms with Gasteiger partial charge in [0.1, 0.15) is 6.04 Å². The van der Waals surface area contributed by atoms with Crippen molar-refractivity contribution < 1.29 is 27.5 Å². The second-order valence-electron chi connectivity index (χ2n) is 13.4. The van der Waals surface area contributed by atoms with E-state index < -0.39 is 27.6 Å². The molecule has 4 aliphatic rings. The van der Waals surface area contributed by atoms with Crippen LogP contribution >= 0.6 is 11.6 Å². The Morgan fingerprint density at radius 2 is 1.80 bits per heavy atom. The zero-order valence-corrected chi connectivity index (χ0v) is 27.8. The van der Waals surface area contributed by atoms with Crippen LogP contribution in [0.4, 0.5) is 4.79 Å². The number of hydrogen-bond donors (Lipinski definition) is 3. The molecule has 2 amide bonds. The third kappa shape index (κ3) is 7.54. The van der Waals surface area contributed by atoms with Crippen molar-refractivity contribution in [3.05, 3.63) is 34.9 Å². The Kier molecular flexibility index (Phi) is 10.8. The van der Waals surface area contributed by atoms with Crippen molar-refractivity contribution >= 4 is 33.6 Å². The van der Waals surface area contributed by atoms with Gasteiger partial charge in [-0.2, -0.15) is 4.31 Å². The smallest absolute Gasteiger partial charge is 0.407 e. The normalized spacial score (nSPS) is 36.0. The second kappa shape index (κ2) is 14.2. The lowest BCUT2D eigenvalue weighted by atomic mass is 9.65. The van der Waals surface area contributed by atoms with Crippen LogP contribution in [0.15, 0.2) is 24.3 Å². The molecule has 8 atom stereocenters. The molecule has 3 aliphatic heterocycles. The van der Waals surface area contributed by atoms with E-state index in [-0.39, 0.29) is 47.9 Å². The molecule has 3 N–H and O–H groups in total. The number of halogens is 1. The average Bonchev–Trinajstić information content (AvgIpc) is 3.10. The van der Waals surface area contributed by atoms with Crippen LogP contribution in [0.3, 0.4) is 0 Å². The predicted octanol–water partition coefficient (Wildman–Crippen LogP) is 4.11. The summed E-state index contributed by atoms with van der Waals surface area (Å²) < 4.78 is 38.9. The van der Waals surface area contributed by atoms with Crippen LogP contribution in [0.5, 0.6) is 0 Å². The van der Waals surface area contributed by atoms with E-state index in [1.165, 1.54) is 7.11 Å². The van der Waals surface area contributed by atoms with E-state index in [2.05, 4.69) is 16.0 Å². The molecule has 1 aromatic rings. The SMILES string of the molecule is COC(=O)NC(C(=O)NC1CCCCC1CCC1CNC2CCCS(=O)(=O)N1C2)C1(c2ccc(Cl)cc2)CC(C)OC(C)C1. The molecule has 0 aromatic heterocycles. The first kappa shape index (κ1) is 33.4. The van der Waals surface area contributed by atoms with Gasteiger partial charge in [0.15, 0.2) is 0 Å². The van der Waals surface area contributed by atoms with Crippen LogP contribution in [0.1, 0.15) is 83.6 Å². The Bertz CT molecular complexity index is 1250. The molecule has 3 heterocycles. The number of benzene rings is 1. The molecule has 3 saturated heterocycles. The van der Waals surface area contributed by atoms with Crippen LogP contribution in [0.2, 0.25) is 5.02 Å². The van der Waals surface area contributed by atoms with Gasteiger partial charge in [-0.3, -0.25) is 4.79 Å².